The molecular formula is C18H26N4O7. The number of rotatable bonds is 6. The second kappa shape index (κ2) is 8.26. The first-order chi connectivity index (χ1) is 13.8. The van der Waals surface area contributed by atoms with Gasteiger partial charge in [0.2, 0.25) is 0 Å². The molecule has 29 heavy (non-hydrogen) atoms. The van der Waals surface area contributed by atoms with Crippen LogP contribution in [0.25, 0.3) is 0 Å². The Labute approximate surface area is 168 Å². The van der Waals surface area contributed by atoms with Crippen LogP contribution in [-0.2, 0) is 23.9 Å². The molecule has 0 radical (unpaired) electrons. The van der Waals surface area contributed by atoms with E-state index in [9.17, 15) is 24.0 Å². The predicted octanol–water partition coefficient (Wildman–Crippen LogP) is -0.449. The molecule has 5 amide bonds. The van der Waals surface area contributed by atoms with Crippen molar-refractivity contribution < 1.29 is 33.4 Å². The molecular weight excluding hydrogens is 384 g/mol. The molecule has 3 fully saturated rings. The van der Waals surface area contributed by atoms with Crippen molar-refractivity contribution in [2.24, 2.45) is 5.92 Å². The van der Waals surface area contributed by atoms with Crippen LogP contribution >= 0.6 is 0 Å². The fraction of sp³-hybridized carbons (Fsp3) is 0.722. The molecule has 1 aliphatic carbocycles. The summed E-state index contributed by atoms with van der Waals surface area (Å²) in [6.07, 6.45) is 1.30. The highest BCUT2D eigenvalue weighted by molar-refractivity contribution is 6.08. The van der Waals surface area contributed by atoms with Crippen LogP contribution in [0.15, 0.2) is 0 Å². The molecule has 0 spiro atoms. The zero-order valence-electron chi connectivity index (χ0n) is 16.6. The number of imide groups is 1. The molecule has 3 rings (SSSR count). The van der Waals surface area contributed by atoms with E-state index in [0.717, 1.165) is 17.7 Å². The Hall–Kier alpha value is -2.85. The van der Waals surface area contributed by atoms with E-state index in [1.807, 2.05) is 0 Å². The summed E-state index contributed by atoms with van der Waals surface area (Å²) in [4.78, 5) is 64.3. The quantitative estimate of drug-likeness (QED) is 0.464. The first-order valence-electron chi connectivity index (χ1n) is 9.75. The molecule has 2 aliphatic heterocycles. The monoisotopic (exact) mass is 410 g/mol. The molecule has 0 aromatic carbocycles. The molecule has 2 saturated heterocycles. The maximum Gasteiger partial charge on any atom is 0.409 e. The van der Waals surface area contributed by atoms with E-state index < -0.39 is 48.6 Å². The van der Waals surface area contributed by atoms with Gasteiger partial charge in [0.05, 0.1) is 6.61 Å². The SMILES string of the molecule is CCOC(=O)N1CCN(C(=O)COC(=O)CN2C(=O)NC(C)(C3CC3)C2=O)CC1. The number of nitrogens with one attached hydrogen (secondary N) is 1. The molecule has 0 aromatic rings. The number of amides is 5. The van der Waals surface area contributed by atoms with E-state index >= 15 is 0 Å². The van der Waals surface area contributed by atoms with E-state index in [0.29, 0.717) is 26.2 Å². The minimum absolute atomic E-state index is 0.0924. The third-order valence-corrected chi connectivity index (χ3v) is 5.50. The lowest BCUT2D eigenvalue weighted by atomic mass is 9.96. The third-order valence-electron chi connectivity index (χ3n) is 5.50. The van der Waals surface area contributed by atoms with Crippen molar-refractivity contribution in [1.29, 1.82) is 0 Å². The molecule has 1 N–H and O–H groups in total. The van der Waals surface area contributed by atoms with Gasteiger partial charge in [0.1, 0.15) is 12.1 Å². The van der Waals surface area contributed by atoms with E-state index in [2.05, 4.69) is 5.32 Å². The molecule has 1 saturated carbocycles. The molecule has 160 valence electrons. The summed E-state index contributed by atoms with van der Waals surface area (Å²) in [5, 5.41) is 2.65. The fourth-order valence-corrected chi connectivity index (χ4v) is 3.56. The van der Waals surface area contributed by atoms with Crippen molar-refractivity contribution in [3.05, 3.63) is 0 Å². The van der Waals surface area contributed by atoms with Crippen molar-refractivity contribution in [2.75, 3.05) is 45.9 Å². The number of hydrogen-bond acceptors (Lipinski definition) is 7. The highest BCUT2D eigenvalue weighted by Crippen LogP contribution is 2.42. The van der Waals surface area contributed by atoms with Gasteiger partial charge >= 0.3 is 18.1 Å². The lowest BCUT2D eigenvalue weighted by Crippen LogP contribution is -2.51. The van der Waals surface area contributed by atoms with Crippen molar-refractivity contribution in [3.63, 3.8) is 0 Å². The molecule has 11 heteroatoms. The topological polar surface area (TPSA) is 126 Å². The average Bonchev–Trinajstić information content (AvgIpc) is 3.52. The Morgan fingerprint density at radius 1 is 1.07 bits per heavy atom. The summed E-state index contributed by atoms with van der Waals surface area (Å²) in [5.74, 6) is -1.58. The number of carbonyl (C=O) groups excluding carboxylic acids is 5. The molecule has 2 heterocycles. The number of carbonyl (C=O) groups is 5. The Morgan fingerprint density at radius 2 is 1.69 bits per heavy atom. The average molecular weight is 410 g/mol. The van der Waals surface area contributed by atoms with Gasteiger partial charge in [-0.3, -0.25) is 19.3 Å². The fourth-order valence-electron chi connectivity index (χ4n) is 3.56. The van der Waals surface area contributed by atoms with E-state index in [-0.39, 0.29) is 12.5 Å². The van der Waals surface area contributed by atoms with Gasteiger partial charge in [-0.2, -0.15) is 0 Å². The van der Waals surface area contributed by atoms with Crippen molar-refractivity contribution >= 4 is 29.9 Å². The first-order valence-corrected chi connectivity index (χ1v) is 9.75. The van der Waals surface area contributed by atoms with E-state index in [4.69, 9.17) is 9.47 Å². The Balaban J connectivity index is 1.42. The Bertz CT molecular complexity index is 715. The second-order valence-corrected chi connectivity index (χ2v) is 7.53. The highest BCUT2D eigenvalue weighted by Gasteiger charge is 2.56. The van der Waals surface area contributed by atoms with Crippen LogP contribution in [0, 0.1) is 5.92 Å². The van der Waals surface area contributed by atoms with Crippen molar-refractivity contribution in [2.45, 2.75) is 32.2 Å². The van der Waals surface area contributed by atoms with Crippen LogP contribution in [-0.4, -0.2) is 96.1 Å². The van der Waals surface area contributed by atoms with Gasteiger partial charge in [-0.1, -0.05) is 0 Å². The summed E-state index contributed by atoms with van der Waals surface area (Å²) >= 11 is 0. The largest absolute Gasteiger partial charge is 0.454 e. The summed E-state index contributed by atoms with van der Waals surface area (Å²) in [7, 11) is 0. The van der Waals surface area contributed by atoms with Crippen molar-refractivity contribution in [3.8, 4) is 0 Å². The zero-order chi connectivity index (χ0) is 21.2. The zero-order valence-corrected chi connectivity index (χ0v) is 16.6. The van der Waals surface area contributed by atoms with Crippen LogP contribution in [0.4, 0.5) is 9.59 Å². The van der Waals surface area contributed by atoms with Crippen LogP contribution < -0.4 is 5.32 Å². The number of piperazine rings is 1. The number of nitrogens with zero attached hydrogens (tertiary/aromatic N) is 3. The summed E-state index contributed by atoms with van der Waals surface area (Å²) in [6, 6.07) is -0.622. The molecule has 11 nitrogen and oxygen atoms in total. The van der Waals surface area contributed by atoms with Crippen LogP contribution in [0.3, 0.4) is 0 Å². The summed E-state index contributed by atoms with van der Waals surface area (Å²) in [6.45, 7) is 3.93. The molecule has 3 aliphatic rings. The van der Waals surface area contributed by atoms with Gasteiger partial charge in [-0.05, 0) is 32.6 Å². The van der Waals surface area contributed by atoms with Gasteiger partial charge in [0.15, 0.2) is 6.61 Å². The lowest BCUT2D eigenvalue weighted by Gasteiger charge is -2.33. The van der Waals surface area contributed by atoms with Crippen LogP contribution in [0.5, 0.6) is 0 Å². The molecule has 1 atom stereocenters. The second-order valence-electron chi connectivity index (χ2n) is 7.53. The Morgan fingerprint density at radius 3 is 2.28 bits per heavy atom. The van der Waals surface area contributed by atoms with E-state index in [1.165, 1.54) is 9.80 Å². The third kappa shape index (κ3) is 4.43. The summed E-state index contributed by atoms with van der Waals surface area (Å²) in [5.41, 5.74) is -0.966. The number of ether oxygens (including phenoxy) is 2. The van der Waals surface area contributed by atoms with E-state index in [1.54, 1.807) is 13.8 Å². The summed E-state index contributed by atoms with van der Waals surface area (Å²) < 4.78 is 9.88. The molecule has 0 bridgehead atoms. The molecule has 0 aromatic heterocycles. The molecule has 1 unspecified atom stereocenters. The van der Waals surface area contributed by atoms with Gasteiger partial charge < -0.3 is 24.6 Å². The maximum absolute atomic E-state index is 12.5. The van der Waals surface area contributed by atoms with Crippen molar-refractivity contribution in [1.82, 2.24) is 20.0 Å². The van der Waals surface area contributed by atoms with Gasteiger partial charge in [0.25, 0.3) is 11.8 Å². The van der Waals surface area contributed by atoms with Gasteiger partial charge in [0, 0.05) is 26.2 Å². The van der Waals surface area contributed by atoms with Crippen LogP contribution in [0.1, 0.15) is 26.7 Å². The minimum Gasteiger partial charge on any atom is -0.454 e. The highest BCUT2D eigenvalue weighted by atomic mass is 16.6. The predicted molar refractivity (Wildman–Crippen MR) is 97.5 cm³/mol. The first kappa shape index (κ1) is 20.9. The normalized spacial score (nSPS) is 24.4. The van der Waals surface area contributed by atoms with Crippen LogP contribution in [0.2, 0.25) is 0 Å². The lowest BCUT2D eigenvalue weighted by molar-refractivity contribution is -0.154. The smallest absolute Gasteiger partial charge is 0.409 e. The number of esters is 1. The number of urea groups is 1. The minimum atomic E-state index is -0.966. The Kier molecular flexibility index (Phi) is 5.94. The standard InChI is InChI=1S/C18H26N4O7/c1-3-28-17(27)21-8-6-20(7-9-21)13(23)11-29-14(24)10-22-15(25)18(2,12-4-5-12)19-16(22)26/h12H,3-11H2,1-2H3,(H,19,26). The van der Waals surface area contributed by atoms with Gasteiger partial charge in [-0.25, -0.2) is 9.59 Å². The maximum atomic E-state index is 12.5. The van der Waals surface area contributed by atoms with Gasteiger partial charge in [-0.15, -0.1) is 0 Å². The number of hydrogen-bond donors (Lipinski definition) is 1.